The molecule has 6 aliphatic rings. The Hall–Kier alpha value is -6.21. The lowest BCUT2D eigenvalue weighted by molar-refractivity contribution is -0.155. The first-order valence-electron chi connectivity index (χ1n) is 26.7. The van der Waals surface area contributed by atoms with Gasteiger partial charge in [0.15, 0.2) is 5.71 Å². The van der Waals surface area contributed by atoms with Crippen LogP contribution in [0.2, 0.25) is 0 Å². The van der Waals surface area contributed by atoms with Crippen LogP contribution in [0, 0.1) is 35.5 Å². The molecule has 4 saturated carbocycles. The Bertz CT molecular complexity index is 2460. The summed E-state index contributed by atoms with van der Waals surface area (Å²) in [5.74, 6) is -2.43. The molecular formula is C57H66N2O15S2. The van der Waals surface area contributed by atoms with Crippen molar-refractivity contribution in [2.45, 2.75) is 144 Å². The Morgan fingerprint density at radius 2 is 1.01 bits per heavy atom. The quantitative estimate of drug-likeness (QED) is 0.0553. The van der Waals surface area contributed by atoms with Gasteiger partial charge in [0.1, 0.15) is 36.9 Å². The molecule has 0 unspecified atom stereocenters. The average molecular weight is 1080 g/mol. The first-order valence-corrected chi connectivity index (χ1v) is 28.3. The molecule has 2 aromatic carbocycles. The fourth-order valence-electron chi connectivity index (χ4n) is 11.3. The van der Waals surface area contributed by atoms with Crippen molar-refractivity contribution in [2.24, 2.45) is 40.6 Å². The van der Waals surface area contributed by atoms with Crippen molar-refractivity contribution >= 4 is 82.6 Å². The van der Waals surface area contributed by atoms with Crippen LogP contribution >= 0.6 is 23.5 Å². The molecule has 1 amide bonds. The molecule has 0 N–H and O–H groups in total. The van der Waals surface area contributed by atoms with Crippen LogP contribution in [0.5, 0.6) is 11.5 Å². The van der Waals surface area contributed by atoms with Gasteiger partial charge in [-0.3, -0.25) is 24.0 Å². The van der Waals surface area contributed by atoms with E-state index in [1.807, 2.05) is 0 Å². The number of para-hydroxylation sites is 1. The van der Waals surface area contributed by atoms with Gasteiger partial charge in [-0.1, -0.05) is 54.9 Å². The number of hydrazone groups is 1. The fourth-order valence-corrected chi connectivity index (χ4v) is 14.0. The van der Waals surface area contributed by atoms with Crippen molar-refractivity contribution in [2.75, 3.05) is 24.8 Å². The number of carbonyl (C=O) groups is 8. The van der Waals surface area contributed by atoms with E-state index in [-0.39, 0.29) is 91.4 Å². The number of hydrogen-bond donors (Lipinski definition) is 0. The highest BCUT2D eigenvalue weighted by atomic mass is 32.2. The maximum atomic E-state index is 14.3. The highest BCUT2D eigenvalue weighted by Gasteiger charge is 2.43. The summed E-state index contributed by atoms with van der Waals surface area (Å²) in [4.78, 5) is 104. The molecule has 17 nitrogen and oxygen atoms in total. The number of ether oxygens (including phenoxy) is 7. The minimum atomic E-state index is -0.771. The van der Waals surface area contributed by atoms with Crippen molar-refractivity contribution in [3.63, 3.8) is 0 Å². The van der Waals surface area contributed by atoms with E-state index >= 15 is 0 Å². The molecular weight excluding hydrogens is 1020 g/mol. The summed E-state index contributed by atoms with van der Waals surface area (Å²) < 4.78 is 39.4. The number of thioether (sulfide) groups is 2. The van der Waals surface area contributed by atoms with Crippen LogP contribution in [0.15, 0.2) is 92.5 Å². The summed E-state index contributed by atoms with van der Waals surface area (Å²) in [6, 6.07) is 12.0. The van der Waals surface area contributed by atoms with E-state index in [4.69, 9.17) is 33.2 Å². The molecule has 19 heteroatoms. The third-order valence-corrected chi connectivity index (χ3v) is 18.0. The SMILES string of the molecule is C=CC(=O)OCCC(=O)OC1CCC(C2CCC(C(=O)Oc3ccc(OC(=O)C4CCC(C5CCC(OC(=O)CCOC(=O)C=C)CC5)CC4)c4c3SC(=C3C(=O)N(c5ccccc5)N=C3C(=O)OCC)S4)CC2)CC1. The first kappa shape index (κ1) is 56.0. The molecule has 8 rings (SSSR count). The van der Waals surface area contributed by atoms with Gasteiger partial charge in [-0.2, -0.15) is 10.1 Å². The van der Waals surface area contributed by atoms with E-state index in [0.717, 1.165) is 118 Å². The molecule has 76 heavy (non-hydrogen) atoms. The highest BCUT2D eigenvalue weighted by molar-refractivity contribution is 8.25. The molecule has 4 aliphatic carbocycles. The van der Waals surface area contributed by atoms with Crippen molar-refractivity contribution in [1.29, 1.82) is 0 Å². The molecule has 2 aliphatic heterocycles. The Labute approximate surface area is 451 Å². The molecule has 0 atom stereocenters. The Morgan fingerprint density at radius 1 is 0.592 bits per heavy atom. The molecule has 2 heterocycles. The smallest absolute Gasteiger partial charge is 0.359 e. The first-order chi connectivity index (χ1) is 36.8. The van der Waals surface area contributed by atoms with Crippen molar-refractivity contribution < 1.29 is 71.5 Å². The van der Waals surface area contributed by atoms with Gasteiger partial charge in [0.2, 0.25) is 0 Å². The van der Waals surface area contributed by atoms with Crippen molar-refractivity contribution in [3.8, 4) is 11.5 Å². The number of esters is 7. The molecule has 0 bridgehead atoms. The number of anilines is 1. The zero-order chi connectivity index (χ0) is 53.7. The molecule has 4 fully saturated rings. The summed E-state index contributed by atoms with van der Waals surface area (Å²) in [6.45, 7) is 8.32. The van der Waals surface area contributed by atoms with E-state index in [2.05, 4.69) is 18.3 Å². The lowest BCUT2D eigenvalue weighted by Gasteiger charge is -2.37. The van der Waals surface area contributed by atoms with Crippen molar-refractivity contribution in [3.05, 3.63) is 77.6 Å². The predicted octanol–water partition coefficient (Wildman–Crippen LogP) is 9.93. The van der Waals surface area contributed by atoms with Crippen LogP contribution in [0.3, 0.4) is 0 Å². The number of amides is 1. The van der Waals surface area contributed by atoms with Crippen LogP contribution < -0.4 is 14.5 Å². The third kappa shape index (κ3) is 14.2. The maximum Gasteiger partial charge on any atom is 0.359 e. The van der Waals surface area contributed by atoms with Gasteiger partial charge in [-0.25, -0.2) is 14.4 Å². The summed E-state index contributed by atoms with van der Waals surface area (Å²) in [7, 11) is 0. The minimum Gasteiger partial charge on any atom is -0.462 e. The minimum absolute atomic E-state index is 0.00734. The Morgan fingerprint density at radius 3 is 1.42 bits per heavy atom. The zero-order valence-corrected chi connectivity index (χ0v) is 44.5. The van der Waals surface area contributed by atoms with Crippen LogP contribution in [-0.2, 0) is 62.0 Å². The highest BCUT2D eigenvalue weighted by Crippen LogP contribution is 2.60. The standard InChI is InChI=1S/C57H66N2O15S2/c1-4-45(60)69-32-30-47(62)71-41-24-20-36(21-25-41)34-12-16-38(17-13-34)54(65)73-43-28-29-44(52-51(43)75-57(76-52)49-50(56(67)68-6-3)58-59(53(49)64)40-10-8-7-9-11-40)74-55(66)39-18-14-35(15-19-39)37-22-26-42(27-23-37)72-48(63)31-33-70-46(61)5-2/h4-5,7-11,28-29,34-39,41-42H,1-2,6,12-27,30-33H2,3H3. The number of carbonyl (C=O) groups excluding carboxylic acids is 8. The Kier molecular flexibility index (Phi) is 19.7. The average Bonchev–Trinajstić information content (AvgIpc) is 4.09. The van der Waals surface area contributed by atoms with Gasteiger partial charge in [-0.15, -0.1) is 0 Å². The van der Waals surface area contributed by atoms with E-state index in [0.29, 0.717) is 69.1 Å². The van der Waals surface area contributed by atoms with E-state index in [1.165, 1.54) is 0 Å². The second kappa shape index (κ2) is 26.7. The number of benzene rings is 2. The molecule has 0 aromatic heterocycles. The summed E-state index contributed by atoms with van der Waals surface area (Å²) in [5, 5.41) is 5.62. The second-order valence-electron chi connectivity index (χ2n) is 20.1. The van der Waals surface area contributed by atoms with Gasteiger partial charge < -0.3 is 33.2 Å². The number of rotatable bonds is 19. The van der Waals surface area contributed by atoms with Gasteiger partial charge in [0.25, 0.3) is 5.91 Å². The molecule has 0 saturated heterocycles. The molecule has 2 aromatic rings. The summed E-state index contributed by atoms with van der Waals surface area (Å²) in [6.07, 6.45) is 14.4. The summed E-state index contributed by atoms with van der Waals surface area (Å²) in [5.41, 5.74) is 0.313. The van der Waals surface area contributed by atoms with E-state index in [9.17, 15) is 38.4 Å². The van der Waals surface area contributed by atoms with Gasteiger partial charge >= 0.3 is 41.8 Å². The largest absolute Gasteiger partial charge is 0.462 e. The van der Waals surface area contributed by atoms with Crippen LogP contribution in [-0.4, -0.2) is 85.4 Å². The van der Waals surface area contributed by atoms with E-state index < -0.39 is 35.8 Å². The lowest BCUT2D eigenvalue weighted by Crippen LogP contribution is -2.32. The van der Waals surface area contributed by atoms with Crippen LogP contribution in [0.4, 0.5) is 5.69 Å². The number of fused-ring (bicyclic) bond motifs is 1. The Balaban J connectivity index is 0.904. The predicted molar refractivity (Wildman–Crippen MR) is 281 cm³/mol. The summed E-state index contributed by atoms with van der Waals surface area (Å²) >= 11 is 2.31. The zero-order valence-electron chi connectivity index (χ0n) is 42.9. The molecule has 406 valence electrons. The number of hydrogen-bond acceptors (Lipinski definition) is 18. The second-order valence-corrected chi connectivity index (χ2v) is 22.4. The topological polar surface area (TPSA) is 217 Å². The normalized spacial score (nSPS) is 25.2. The fraction of sp³-hybridized carbons (Fsp3) is 0.526. The van der Waals surface area contributed by atoms with Gasteiger partial charge in [0, 0.05) is 12.2 Å². The van der Waals surface area contributed by atoms with Gasteiger partial charge in [0.05, 0.1) is 56.6 Å². The maximum absolute atomic E-state index is 14.3. The lowest BCUT2D eigenvalue weighted by atomic mass is 9.70. The van der Waals surface area contributed by atoms with E-state index in [1.54, 1.807) is 49.4 Å². The van der Waals surface area contributed by atoms with Crippen LogP contribution in [0.25, 0.3) is 0 Å². The molecule has 0 radical (unpaired) electrons. The third-order valence-electron chi connectivity index (χ3n) is 15.4. The van der Waals surface area contributed by atoms with Crippen molar-refractivity contribution in [1.82, 2.24) is 0 Å². The van der Waals surface area contributed by atoms with Gasteiger partial charge in [-0.05, 0) is 158 Å². The number of nitrogens with zero attached hydrogens (tertiary/aromatic N) is 2. The van der Waals surface area contributed by atoms with Crippen LogP contribution in [0.1, 0.15) is 122 Å². The molecule has 0 spiro atoms. The monoisotopic (exact) mass is 1080 g/mol.